The lowest BCUT2D eigenvalue weighted by Gasteiger charge is -2.36. The fourth-order valence-corrected chi connectivity index (χ4v) is 11.8. The summed E-state index contributed by atoms with van der Waals surface area (Å²) < 4.78 is 98.5. The van der Waals surface area contributed by atoms with Gasteiger partial charge in [-0.3, -0.25) is 24.0 Å². The maximum Gasteiger partial charge on any atom is 0.407 e. The molecule has 21 nitrogen and oxygen atoms in total. The first kappa shape index (κ1) is 71.0. The lowest BCUT2D eigenvalue weighted by atomic mass is 9.88. The highest BCUT2D eigenvalue weighted by Gasteiger charge is 2.37. The van der Waals surface area contributed by atoms with Crippen molar-refractivity contribution >= 4 is 69.1 Å². The molecular weight excluding hydrogens is 1200 g/mol. The van der Waals surface area contributed by atoms with Crippen molar-refractivity contribution in [3.63, 3.8) is 0 Å². The van der Waals surface area contributed by atoms with Crippen molar-refractivity contribution in [3.8, 4) is 16.9 Å². The number of nitrogens with zero attached hydrogens (tertiary/aromatic N) is 3. The number of carbonyl (C=O) groups is 7. The number of nitrogens with one attached hydrogen (secondary N) is 3. The zero-order valence-electron chi connectivity index (χ0n) is 51.1. The summed E-state index contributed by atoms with van der Waals surface area (Å²) in [6.07, 6.45) is 3.75. The number of hydrogen-bond donors (Lipinski definition) is 6. The van der Waals surface area contributed by atoms with Crippen LogP contribution < -0.4 is 32.2 Å². The Morgan fingerprint density at radius 2 is 1.50 bits per heavy atom. The van der Waals surface area contributed by atoms with Crippen LogP contribution in [0.25, 0.3) is 17.2 Å². The number of Topliss-reactive ketones (excluding diaryl/α,β-unsaturated/α-hetero) is 2. The number of aliphatic hydroxyl groups excluding tert-OH is 1. The third kappa shape index (κ3) is 20.5. The summed E-state index contributed by atoms with van der Waals surface area (Å²) in [5.41, 5.74) is 16.8. The molecular formula is C64H80F4N8O13S. The number of amidine groups is 1. The summed E-state index contributed by atoms with van der Waals surface area (Å²) in [6.45, 7) is 8.69. The number of alkyl carbamates (subject to hydrolysis) is 1. The number of benzene rings is 4. The molecule has 1 fully saturated rings. The van der Waals surface area contributed by atoms with Crippen molar-refractivity contribution in [2.75, 3.05) is 59.1 Å². The molecule has 0 spiro atoms. The van der Waals surface area contributed by atoms with Crippen LogP contribution in [0.2, 0.25) is 0 Å². The summed E-state index contributed by atoms with van der Waals surface area (Å²) >= 11 is 0. The summed E-state index contributed by atoms with van der Waals surface area (Å²) in [4.78, 5) is 97.7. The van der Waals surface area contributed by atoms with E-state index in [1.165, 1.54) is 4.31 Å². The van der Waals surface area contributed by atoms with Crippen molar-refractivity contribution in [1.29, 1.82) is 0 Å². The smallest absolute Gasteiger partial charge is 0.407 e. The first-order valence-corrected chi connectivity index (χ1v) is 31.6. The van der Waals surface area contributed by atoms with E-state index in [0.717, 1.165) is 24.0 Å². The van der Waals surface area contributed by atoms with Gasteiger partial charge in [0.15, 0.2) is 17.4 Å². The molecule has 2 aliphatic heterocycles. The second-order valence-electron chi connectivity index (χ2n) is 22.6. The summed E-state index contributed by atoms with van der Waals surface area (Å²) in [7, 11) is -3.82. The summed E-state index contributed by atoms with van der Waals surface area (Å²) in [6, 6.07) is 15.4. The molecule has 0 saturated carbocycles. The molecule has 1 saturated heterocycles. The first-order chi connectivity index (χ1) is 42.9. The van der Waals surface area contributed by atoms with E-state index in [1.807, 2.05) is 43.0 Å². The van der Waals surface area contributed by atoms with Crippen molar-refractivity contribution in [1.82, 2.24) is 25.2 Å². The monoisotopic (exact) mass is 1280 g/mol. The van der Waals surface area contributed by atoms with Crippen LogP contribution in [-0.2, 0) is 62.9 Å². The molecule has 26 heteroatoms. The van der Waals surface area contributed by atoms with Crippen LogP contribution in [0.4, 0.5) is 32.8 Å². The average molecular weight is 1280 g/mol. The zero-order valence-corrected chi connectivity index (χ0v) is 51.9. The second kappa shape index (κ2) is 34.2. The Kier molecular flexibility index (Phi) is 27.0. The minimum Gasteiger partial charge on any atom is -0.445 e. The number of fused-ring (bicyclic) bond motifs is 1. The number of rotatable bonds is 35. The normalized spacial score (nSPS) is 14.0. The van der Waals surface area contributed by atoms with E-state index in [2.05, 4.69) is 20.7 Å². The summed E-state index contributed by atoms with van der Waals surface area (Å²) in [5.74, 6) is -12.6. The Hall–Kier alpha value is -8.07. The number of esters is 1. The van der Waals surface area contributed by atoms with E-state index in [-0.39, 0.29) is 131 Å². The predicted molar refractivity (Wildman–Crippen MR) is 327 cm³/mol. The average Bonchev–Trinajstić information content (AvgIpc) is 1.26. The molecule has 6 rings (SSSR count). The number of unbranched alkanes of at least 4 members (excludes halogenated alkanes) is 1. The van der Waals surface area contributed by atoms with Crippen molar-refractivity contribution in [3.05, 3.63) is 118 Å². The van der Waals surface area contributed by atoms with E-state index in [0.29, 0.717) is 65.9 Å². The highest BCUT2D eigenvalue weighted by atomic mass is 32.2. The fraction of sp³-hybridized carbons (Fsp3) is 0.469. The Balaban J connectivity index is 1.01. The number of amides is 5. The van der Waals surface area contributed by atoms with E-state index < -0.39 is 87.2 Å². The van der Waals surface area contributed by atoms with Gasteiger partial charge in [-0.1, -0.05) is 70.2 Å². The number of carbonyl (C=O) groups excluding carboxylic acids is 7. The molecule has 90 heavy (non-hydrogen) atoms. The van der Waals surface area contributed by atoms with Gasteiger partial charge in [0.25, 0.3) is 0 Å². The third-order valence-corrected chi connectivity index (χ3v) is 17.0. The maximum atomic E-state index is 14.0. The molecule has 0 bridgehead atoms. The van der Waals surface area contributed by atoms with Gasteiger partial charge < -0.3 is 51.6 Å². The van der Waals surface area contributed by atoms with Gasteiger partial charge in [-0.25, -0.2) is 31.8 Å². The highest BCUT2D eigenvalue weighted by molar-refractivity contribution is 7.89. The van der Waals surface area contributed by atoms with Crippen LogP contribution in [0.15, 0.2) is 82.2 Å². The number of sulfonamides is 1. The van der Waals surface area contributed by atoms with Crippen LogP contribution in [0, 0.1) is 41.0 Å². The lowest BCUT2D eigenvalue weighted by molar-refractivity contribution is -0.136. The van der Waals surface area contributed by atoms with Gasteiger partial charge in [0.05, 0.1) is 36.3 Å². The lowest BCUT2D eigenvalue weighted by Crippen LogP contribution is -2.51. The molecule has 2 aliphatic rings. The first-order valence-electron chi connectivity index (χ1n) is 30.1. The van der Waals surface area contributed by atoms with Gasteiger partial charge in [-0.2, -0.15) is 13.1 Å². The molecule has 5 amide bonds. The molecule has 0 aromatic heterocycles. The van der Waals surface area contributed by atoms with Gasteiger partial charge in [0.2, 0.25) is 39.2 Å². The summed E-state index contributed by atoms with van der Waals surface area (Å²) in [5, 5.41) is 17.5. The molecule has 8 N–H and O–H groups in total. The second-order valence-corrected chi connectivity index (χ2v) is 24.5. The van der Waals surface area contributed by atoms with E-state index in [9.17, 15) is 64.6 Å². The number of nitrogens with two attached hydrogens (primary N) is 2. The molecule has 0 aliphatic carbocycles. The highest BCUT2D eigenvalue weighted by Crippen LogP contribution is 2.37. The van der Waals surface area contributed by atoms with Gasteiger partial charge in [-0.05, 0) is 103 Å². The van der Waals surface area contributed by atoms with Gasteiger partial charge in [-0.15, -0.1) is 0 Å². The largest absolute Gasteiger partial charge is 0.445 e. The molecule has 4 aromatic rings. The zero-order chi connectivity index (χ0) is 65.7. The Morgan fingerprint density at radius 3 is 2.16 bits per heavy atom. The van der Waals surface area contributed by atoms with Crippen LogP contribution in [-0.4, -0.2) is 135 Å². The van der Waals surface area contributed by atoms with Crippen molar-refractivity contribution in [2.24, 2.45) is 34.2 Å². The Morgan fingerprint density at radius 1 is 0.833 bits per heavy atom. The third-order valence-electron chi connectivity index (χ3n) is 15.2. The van der Waals surface area contributed by atoms with E-state index in [4.69, 9.17) is 25.9 Å². The molecule has 0 radical (unpaired) electrons. The number of aliphatic hydroxyl groups is 1. The molecule has 4 aromatic carbocycles. The standard InChI is InChI=1S/C64H80F4N8O13S/c1-5-23-75(24-6-2)62(82)46-30-50-44(28-45(31-54(50)73-56(69)32-46)43-12-9-13-48(29-43)90(85,86)76-35-42(36-76)37-77)11-7-8-21-72-64(84)88-38-41-17-15-40(16-18-41)27-55(79)53(14-10-22-71-63(70)83)74-61(81)49(39(3)4)33-47(78)19-25-87-26-20-57(80)89-60-58(67)51(65)34-52(66)59(60)68/h9,12-13,15-18,28-31,34,39,42,49,53,77H,5-8,10-11,14,19-27,32-33,35-38H2,1-4H3,(H2,69,73)(H,72,84)(H,74,81)(H3,70,71,83)/t49-,53-/m0/s1. The van der Waals surface area contributed by atoms with Crippen molar-refractivity contribution < 1.29 is 78.9 Å². The number of urea groups is 1. The molecule has 2 atom stereocenters. The van der Waals surface area contributed by atoms with Crippen LogP contribution in [0.1, 0.15) is 114 Å². The Labute approximate surface area is 521 Å². The van der Waals surface area contributed by atoms with Gasteiger partial charge in [0.1, 0.15) is 18.2 Å². The van der Waals surface area contributed by atoms with E-state index >= 15 is 0 Å². The number of ether oxygens (including phenoxy) is 3. The quantitative estimate of drug-likeness (QED) is 0.00840. The fourth-order valence-electron chi connectivity index (χ4n) is 10.2. The Bertz CT molecular complexity index is 3370. The number of aryl methyl sites for hydroxylation is 1. The minimum atomic E-state index is -3.82. The van der Waals surface area contributed by atoms with Crippen LogP contribution in [0.5, 0.6) is 5.75 Å². The number of halogens is 4. The molecule has 488 valence electrons. The SMILES string of the molecule is CCCN(CCC)C(=O)C1=Cc2c(CCCCNC(=O)OCc3ccc(CC(=O)[C@H](CCCNC(N)=O)NC(=O)[C@@H](CC(=O)CCOCCC(=O)Oc4c(F)c(F)cc(F)c4F)C(C)C)cc3)cc(-c3cccc(S(=O)(=O)N4CC(CO)C4)c3)cc2N=C(N)C1. The van der Waals surface area contributed by atoms with Gasteiger partial charge >= 0.3 is 18.1 Å². The maximum absolute atomic E-state index is 14.0. The van der Waals surface area contributed by atoms with Gasteiger partial charge in [0, 0.05) is 101 Å². The van der Waals surface area contributed by atoms with Crippen LogP contribution >= 0.6 is 0 Å². The molecule has 0 unspecified atom stereocenters. The minimum absolute atomic E-state index is 0.0357. The topological polar surface area (TPSA) is 309 Å². The molecule has 2 heterocycles. The number of hydrogen-bond acceptors (Lipinski definition) is 15. The van der Waals surface area contributed by atoms with E-state index in [1.54, 1.807) is 56.3 Å². The van der Waals surface area contributed by atoms with Crippen molar-refractivity contribution in [2.45, 2.75) is 122 Å². The van der Waals surface area contributed by atoms with Crippen LogP contribution in [0.3, 0.4) is 0 Å². The predicted octanol–water partition coefficient (Wildman–Crippen LogP) is 7.88. The number of aliphatic imine (C=N–C) groups is 1. The number of ketones is 2. The number of primary amides is 1.